The molecule has 0 atom stereocenters. The summed E-state index contributed by atoms with van der Waals surface area (Å²) in [7, 11) is 0. The molecule has 3 rings (SSSR count). The number of aliphatic hydroxyl groups is 1. The van der Waals surface area contributed by atoms with Gasteiger partial charge in [-0.3, -0.25) is 4.79 Å². The van der Waals surface area contributed by atoms with Gasteiger partial charge in [-0.25, -0.2) is 9.97 Å². The first-order valence-electron chi connectivity index (χ1n) is 9.30. The molecule has 0 bridgehead atoms. The van der Waals surface area contributed by atoms with Gasteiger partial charge in [-0.1, -0.05) is 32.9 Å². The van der Waals surface area contributed by atoms with Gasteiger partial charge in [-0.05, 0) is 19.5 Å². The number of aliphatic hydroxyl groups excluding tert-OH is 1. The van der Waals surface area contributed by atoms with Gasteiger partial charge >= 0.3 is 0 Å². The number of allylic oxidation sites excluding steroid dienone is 2. The van der Waals surface area contributed by atoms with Crippen molar-refractivity contribution < 1.29 is 30.0 Å². The van der Waals surface area contributed by atoms with Crippen LogP contribution < -0.4 is 0 Å². The Labute approximate surface area is 191 Å². The zero-order valence-electron chi connectivity index (χ0n) is 17.8. The van der Waals surface area contributed by atoms with Crippen LogP contribution in [0.2, 0.25) is 0 Å². The second-order valence-corrected chi connectivity index (χ2v) is 7.65. The van der Waals surface area contributed by atoms with Gasteiger partial charge in [0.1, 0.15) is 5.82 Å². The van der Waals surface area contributed by atoms with Gasteiger partial charge in [0.25, 0.3) is 0 Å². The molecule has 0 aliphatic rings. The fourth-order valence-corrected chi connectivity index (χ4v) is 2.44. The number of aromatic nitrogens is 3. The molecule has 1 N–H and O–H groups in total. The standard InChI is InChI=1S/C19H18N3.C5H8O2.Ir/c1-19(2,3)18-21-12-16(13-22-18)15-9-10-17(20-11-15)14-7-5-4-6-8-14;1-4(6)3-5(2)7;/h4-7,9-13H,1-3H3;3,6H,1-2H3;/q-1;;/b;4-3-;. The Morgan fingerprint density at radius 1 is 0.967 bits per heavy atom. The number of rotatable bonds is 3. The van der Waals surface area contributed by atoms with Crippen molar-refractivity contribution in [3.05, 3.63) is 78.7 Å². The van der Waals surface area contributed by atoms with Crippen molar-refractivity contribution in [3.8, 4) is 22.4 Å². The summed E-state index contributed by atoms with van der Waals surface area (Å²) >= 11 is 0. The van der Waals surface area contributed by atoms with E-state index < -0.39 is 0 Å². The molecule has 1 radical (unpaired) electrons. The van der Waals surface area contributed by atoms with Gasteiger partial charge in [0, 0.05) is 61.3 Å². The van der Waals surface area contributed by atoms with Crippen LogP contribution in [0.4, 0.5) is 0 Å². The van der Waals surface area contributed by atoms with Crippen molar-refractivity contribution in [2.45, 2.75) is 40.0 Å². The second-order valence-electron chi connectivity index (χ2n) is 7.65. The zero-order chi connectivity index (χ0) is 21.4. The van der Waals surface area contributed by atoms with Crippen LogP contribution in [0, 0.1) is 6.07 Å². The molecule has 0 aliphatic carbocycles. The Morgan fingerprint density at radius 2 is 1.60 bits per heavy atom. The van der Waals surface area contributed by atoms with E-state index in [-0.39, 0.29) is 37.1 Å². The maximum Gasteiger partial charge on any atom is 0.155 e. The molecule has 0 saturated carbocycles. The summed E-state index contributed by atoms with van der Waals surface area (Å²) in [6.07, 6.45) is 6.74. The molecule has 2 heterocycles. The molecule has 0 spiro atoms. The van der Waals surface area contributed by atoms with Crippen LogP contribution in [0.3, 0.4) is 0 Å². The van der Waals surface area contributed by atoms with Gasteiger partial charge in [0.05, 0.1) is 5.76 Å². The molecule has 0 unspecified atom stereocenters. The molecule has 3 aromatic rings. The third-order valence-corrected chi connectivity index (χ3v) is 3.82. The van der Waals surface area contributed by atoms with Crippen LogP contribution in [0.1, 0.15) is 40.4 Å². The van der Waals surface area contributed by atoms with E-state index in [4.69, 9.17) is 5.11 Å². The largest absolute Gasteiger partial charge is 0.512 e. The fourth-order valence-electron chi connectivity index (χ4n) is 2.44. The summed E-state index contributed by atoms with van der Waals surface area (Å²) in [6.45, 7) is 9.17. The second kappa shape index (κ2) is 11.5. The smallest absolute Gasteiger partial charge is 0.155 e. The Morgan fingerprint density at radius 3 is 2.00 bits per heavy atom. The summed E-state index contributed by atoms with van der Waals surface area (Å²) < 4.78 is 0. The third-order valence-electron chi connectivity index (χ3n) is 3.82. The molecule has 0 fully saturated rings. The van der Waals surface area contributed by atoms with Crippen molar-refractivity contribution >= 4 is 5.78 Å². The minimum atomic E-state index is -0.125. The van der Waals surface area contributed by atoms with Crippen molar-refractivity contribution in [3.63, 3.8) is 0 Å². The molecule has 0 aliphatic heterocycles. The van der Waals surface area contributed by atoms with E-state index in [1.807, 2.05) is 55.0 Å². The van der Waals surface area contributed by atoms with Crippen molar-refractivity contribution in [2.24, 2.45) is 0 Å². The average Bonchev–Trinajstić information content (AvgIpc) is 2.68. The number of hydrogen-bond acceptors (Lipinski definition) is 5. The average molecular weight is 581 g/mol. The molecule has 0 saturated heterocycles. The molecular weight excluding hydrogens is 555 g/mol. The molecular formula is C24H26IrN3O2-. The van der Waals surface area contributed by atoms with Crippen LogP contribution in [0.25, 0.3) is 22.4 Å². The van der Waals surface area contributed by atoms with Gasteiger partial charge in [-0.2, -0.15) is 0 Å². The van der Waals surface area contributed by atoms with Gasteiger partial charge in [0.15, 0.2) is 5.78 Å². The first-order valence-corrected chi connectivity index (χ1v) is 9.30. The topological polar surface area (TPSA) is 76.0 Å². The number of benzene rings is 1. The Hall–Kier alpha value is -2.69. The summed E-state index contributed by atoms with van der Waals surface area (Å²) in [6, 6.07) is 15.1. The van der Waals surface area contributed by atoms with Crippen molar-refractivity contribution in [1.29, 1.82) is 0 Å². The normalized spacial score (nSPS) is 11.0. The Kier molecular flexibility index (Phi) is 9.70. The van der Waals surface area contributed by atoms with E-state index in [1.54, 1.807) is 0 Å². The Bertz CT molecular complexity index is 958. The van der Waals surface area contributed by atoms with Crippen LogP contribution in [0.15, 0.2) is 66.8 Å². The van der Waals surface area contributed by atoms with Gasteiger partial charge < -0.3 is 10.1 Å². The van der Waals surface area contributed by atoms with E-state index >= 15 is 0 Å². The van der Waals surface area contributed by atoms with Gasteiger partial charge in [0.2, 0.25) is 0 Å². The van der Waals surface area contributed by atoms with Crippen LogP contribution >= 0.6 is 0 Å². The van der Waals surface area contributed by atoms with E-state index in [1.165, 1.54) is 19.9 Å². The predicted octanol–water partition coefficient (Wildman–Crippen LogP) is 5.34. The van der Waals surface area contributed by atoms with Crippen molar-refractivity contribution in [2.75, 3.05) is 0 Å². The first kappa shape index (κ1) is 25.3. The Balaban J connectivity index is 0.000000489. The van der Waals surface area contributed by atoms with Crippen LogP contribution in [-0.4, -0.2) is 25.8 Å². The first-order chi connectivity index (χ1) is 13.7. The number of nitrogens with zero attached hydrogens (tertiary/aromatic N) is 3. The SMILES string of the molecule is CC(=O)/C=C(/C)O.CC(C)(C)c1ncc(-c2ccc(-c3[c-]cccc3)nc2)cn1.[Ir]. The number of hydrogen-bond donors (Lipinski definition) is 1. The molecule has 0 amide bonds. The molecule has 30 heavy (non-hydrogen) atoms. The summed E-state index contributed by atoms with van der Waals surface area (Å²) in [5, 5.41) is 8.36. The molecule has 1 aromatic carbocycles. The minimum Gasteiger partial charge on any atom is -0.512 e. The third kappa shape index (κ3) is 7.97. The number of carbonyl (C=O) groups excluding carboxylic acids is 1. The molecule has 2 aromatic heterocycles. The van der Waals surface area contributed by atoms with E-state index in [0.717, 1.165) is 28.2 Å². The number of pyridine rings is 1. The summed E-state index contributed by atoms with van der Waals surface area (Å²) in [5.41, 5.74) is 3.86. The van der Waals surface area contributed by atoms with Crippen LogP contribution in [-0.2, 0) is 30.3 Å². The van der Waals surface area contributed by atoms with Gasteiger partial charge in [-0.15, -0.1) is 35.9 Å². The monoisotopic (exact) mass is 581 g/mol. The number of carbonyl (C=O) groups is 1. The summed E-state index contributed by atoms with van der Waals surface area (Å²) in [4.78, 5) is 23.5. The molecule has 159 valence electrons. The predicted molar refractivity (Wildman–Crippen MR) is 115 cm³/mol. The van der Waals surface area contributed by atoms with Crippen LogP contribution in [0.5, 0.6) is 0 Å². The number of ketones is 1. The molecule has 5 nitrogen and oxygen atoms in total. The minimum absolute atomic E-state index is 0. The fraction of sp³-hybridized carbons (Fsp3) is 0.250. The van der Waals surface area contributed by atoms with Crippen molar-refractivity contribution in [1.82, 2.24) is 15.0 Å². The van der Waals surface area contributed by atoms with E-state index in [2.05, 4.69) is 41.8 Å². The zero-order valence-corrected chi connectivity index (χ0v) is 20.2. The van der Waals surface area contributed by atoms with E-state index in [9.17, 15) is 4.79 Å². The van der Waals surface area contributed by atoms with E-state index in [0.29, 0.717) is 0 Å². The maximum absolute atomic E-state index is 10.0. The maximum atomic E-state index is 10.0. The quantitative estimate of drug-likeness (QED) is 0.257. The molecule has 6 heteroatoms. The summed E-state index contributed by atoms with van der Waals surface area (Å²) in [5.74, 6) is 0.784.